The van der Waals surface area contributed by atoms with E-state index >= 15 is 0 Å². The molecule has 17 aromatic rings. The summed E-state index contributed by atoms with van der Waals surface area (Å²) in [6, 6.07) is 51.2. The number of rotatable bonds is 19. The van der Waals surface area contributed by atoms with Crippen molar-refractivity contribution in [1.82, 2.24) is 82.8 Å². The average molecular weight is 1790 g/mol. The Kier molecular flexibility index (Phi) is 27.0. The summed E-state index contributed by atoms with van der Waals surface area (Å²) in [7, 11) is 1.44. The number of ether oxygens (including phenoxy) is 3. The van der Waals surface area contributed by atoms with Gasteiger partial charge in [0.2, 0.25) is 5.91 Å². The van der Waals surface area contributed by atoms with Crippen molar-refractivity contribution in [2.45, 2.75) is 118 Å². The number of carbonyl (C=O) groups excluding carboxylic acids is 2. The Morgan fingerprint density at radius 2 is 0.842 bits per heavy atom. The van der Waals surface area contributed by atoms with Crippen molar-refractivity contribution >= 4 is 45.9 Å². The van der Waals surface area contributed by atoms with Crippen LogP contribution in [0.1, 0.15) is 183 Å². The van der Waals surface area contributed by atoms with Crippen molar-refractivity contribution in [3.8, 4) is 104 Å². The molecular weight excluding hydrogens is 1700 g/mol. The van der Waals surface area contributed by atoms with E-state index in [-0.39, 0.29) is 109 Å². The molecule has 0 radical (unpaired) electrons. The van der Waals surface area contributed by atoms with Crippen LogP contribution in [0.25, 0.3) is 90.2 Å². The van der Waals surface area contributed by atoms with Gasteiger partial charge in [-0.25, -0.2) is 65.8 Å². The molecule has 1 aliphatic rings. The molecule has 8 N–H and O–H groups in total. The van der Waals surface area contributed by atoms with Crippen LogP contribution < -0.4 is 48.3 Å². The SMILES string of the molecule is CC(C)c1c(-c2cc(F)cc(NC(=O)OCc3ccccc3)c2)nc2c(C#N)c[nH]n2c1=O.CC(C)c1c(-c2ccc(OCC3CC3)cc2)nc2c(C#N)c[nH]n2c1=O.CC(C)c1c(-c2cccc(-n3cccn3)c2)nc2c(C#N)c[nH]n2c1=O.CC(C)c1c(-c2cccc(C(N)=O)c2)nc2c(C#N)c[nH]n2c1=O.COc1cc(F)cc(-c2nc3c(C#N)c[nH]n3c(=O)c2C(C)C)c1. The zero-order valence-electron chi connectivity index (χ0n) is 73.7. The van der Waals surface area contributed by atoms with Gasteiger partial charge in [-0.3, -0.25) is 59.6 Å². The third kappa shape index (κ3) is 19.3. The van der Waals surface area contributed by atoms with Crippen LogP contribution in [-0.4, -0.2) is 108 Å². The number of hydrogen-bond donors (Lipinski definition) is 7. The van der Waals surface area contributed by atoms with E-state index in [1.54, 1.807) is 41.2 Å². The number of nitrogens with zero attached hydrogens (tertiary/aromatic N) is 17. The van der Waals surface area contributed by atoms with Crippen LogP contribution in [0.2, 0.25) is 0 Å². The summed E-state index contributed by atoms with van der Waals surface area (Å²) in [6.07, 6.45) is 12.6. The molecule has 11 aromatic heterocycles. The normalized spacial score (nSPS) is 11.6. The number of nitrogens with two attached hydrogens (primary N) is 1. The summed E-state index contributed by atoms with van der Waals surface area (Å²) in [5, 5.41) is 66.9. The summed E-state index contributed by atoms with van der Waals surface area (Å²) >= 11 is 0. The summed E-state index contributed by atoms with van der Waals surface area (Å²) in [5.74, 6) is -0.313. The monoisotopic (exact) mass is 1780 g/mol. The van der Waals surface area contributed by atoms with Gasteiger partial charge in [-0.2, -0.15) is 31.4 Å². The number of nitrogens with one attached hydrogen (secondary N) is 6. The van der Waals surface area contributed by atoms with E-state index in [4.69, 9.17) is 19.9 Å². The Labute approximate surface area is 755 Å². The molecule has 0 unspecified atom stereocenters. The van der Waals surface area contributed by atoms with Crippen molar-refractivity contribution in [2.75, 3.05) is 19.0 Å². The molecule has 36 heteroatoms. The van der Waals surface area contributed by atoms with E-state index in [9.17, 15) is 68.7 Å². The third-order valence-corrected chi connectivity index (χ3v) is 21.6. The van der Waals surface area contributed by atoms with Gasteiger partial charge in [0.25, 0.3) is 27.8 Å². The largest absolute Gasteiger partial charge is 0.497 e. The van der Waals surface area contributed by atoms with Gasteiger partial charge in [0, 0.05) is 116 Å². The molecule has 668 valence electrons. The second-order valence-corrected chi connectivity index (χ2v) is 32.5. The Morgan fingerprint density at radius 1 is 0.451 bits per heavy atom. The smallest absolute Gasteiger partial charge is 0.411 e. The van der Waals surface area contributed by atoms with Gasteiger partial charge >= 0.3 is 6.09 Å². The van der Waals surface area contributed by atoms with Crippen LogP contribution in [0.5, 0.6) is 11.5 Å². The molecule has 0 spiro atoms. The Morgan fingerprint density at radius 3 is 1.23 bits per heavy atom. The lowest BCUT2D eigenvalue weighted by Crippen LogP contribution is -2.22. The first kappa shape index (κ1) is 91.5. The number of aromatic amines is 5. The molecule has 133 heavy (non-hydrogen) atoms. The van der Waals surface area contributed by atoms with E-state index in [2.05, 4.69) is 73.0 Å². The number of nitriles is 5. The van der Waals surface area contributed by atoms with Gasteiger partial charge in [-0.05, 0) is 139 Å². The fourth-order valence-electron chi connectivity index (χ4n) is 15.0. The first-order chi connectivity index (χ1) is 63.9. The topological polar surface area (TPSA) is 487 Å². The molecule has 11 heterocycles. The van der Waals surface area contributed by atoms with Crippen molar-refractivity contribution < 1.29 is 32.6 Å². The lowest BCUT2D eigenvalue weighted by atomic mass is 9.97. The van der Waals surface area contributed by atoms with Crippen molar-refractivity contribution in [1.29, 1.82) is 26.3 Å². The fourth-order valence-corrected chi connectivity index (χ4v) is 15.0. The second-order valence-electron chi connectivity index (χ2n) is 32.5. The molecule has 1 aliphatic carbocycles. The molecular formula is C97H86F2N24O10. The highest BCUT2D eigenvalue weighted by atomic mass is 19.1. The number of anilines is 1. The molecule has 18 rings (SSSR count). The number of aromatic nitrogens is 17. The number of halogens is 2. The maximum atomic E-state index is 14.5. The maximum absolute atomic E-state index is 14.5. The van der Waals surface area contributed by atoms with Crippen LogP contribution in [0.15, 0.2) is 213 Å². The van der Waals surface area contributed by atoms with Gasteiger partial charge < -0.3 is 19.9 Å². The zero-order chi connectivity index (χ0) is 94.9. The van der Waals surface area contributed by atoms with Crippen LogP contribution in [0, 0.1) is 74.2 Å². The maximum Gasteiger partial charge on any atom is 0.411 e. The third-order valence-electron chi connectivity index (χ3n) is 21.6. The van der Waals surface area contributed by atoms with Crippen LogP contribution >= 0.6 is 0 Å². The number of H-pyrrole nitrogens is 5. The minimum absolute atomic E-state index is 0.00142. The number of carbonyl (C=O) groups is 2. The molecule has 0 atom stereocenters. The lowest BCUT2D eigenvalue weighted by Gasteiger charge is -2.14. The second kappa shape index (κ2) is 39.3. The summed E-state index contributed by atoms with van der Waals surface area (Å²) < 4.78 is 52.5. The van der Waals surface area contributed by atoms with Crippen LogP contribution in [0.3, 0.4) is 0 Å². The van der Waals surface area contributed by atoms with E-state index in [0.29, 0.717) is 107 Å². The van der Waals surface area contributed by atoms with Gasteiger partial charge in [0.05, 0.1) is 47.9 Å². The molecule has 34 nitrogen and oxygen atoms in total. The predicted molar refractivity (Wildman–Crippen MR) is 491 cm³/mol. The van der Waals surface area contributed by atoms with E-state index in [0.717, 1.165) is 40.8 Å². The zero-order valence-corrected chi connectivity index (χ0v) is 73.7. The van der Waals surface area contributed by atoms with Gasteiger partial charge in [0.15, 0.2) is 28.2 Å². The molecule has 1 saturated carbocycles. The molecule has 0 aliphatic heterocycles. The number of methoxy groups -OCH3 is 1. The summed E-state index contributed by atoms with van der Waals surface area (Å²) in [6.45, 7) is 19.8. The number of hydrogen-bond acceptors (Lipinski definition) is 21. The van der Waals surface area contributed by atoms with E-state index < -0.39 is 23.6 Å². The van der Waals surface area contributed by atoms with Crippen LogP contribution in [0.4, 0.5) is 19.3 Å². The van der Waals surface area contributed by atoms with Crippen molar-refractivity contribution in [2.24, 2.45) is 11.7 Å². The fraction of sp³-hybridized carbons (Fsp3) is 0.216. The molecule has 0 bridgehead atoms. The number of fused-ring (bicyclic) bond motifs is 5. The van der Waals surface area contributed by atoms with Gasteiger partial charge in [-0.1, -0.05) is 124 Å². The lowest BCUT2D eigenvalue weighted by molar-refractivity contribution is 0.1000. The Balaban J connectivity index is 0.000000134. The highest BCUT2D eigenvalue weighted by molar-refractivity contribution is 5.94. The highest BCUT2D eigenvalue weighted by Gasteiger charge is 2.28. The first-order valence-corrected chi connectivity index (χ1v) is 42.0. The van der Waals surface area contributed by atoms with Gasteiger partial charge in [-0.15, -0.1) is 0 Å². The van der Waals surface area contributed by atoms with Gasteiger partial charge in [0.1, 0.15) is 87.9 Å². The van der Waals surface area contributed by atoms with Crippen LogP contribution in [-0.2, 0) is 11.3 Å². The summed E-state index contributed by atoms with van der Waals surface area (Å²) in [4.78, 5) is 111. The van der Waals surface area contributed by atoms with Crippen molar-refractivity contribution in [3.63, 3.8) is 0 Å². The first-order valence-electron chi connectivity index (χ1n) is 42.0. The van der Waals surface area contributed by atoms with E-state index in [1.165, 1.54) is 97.8 Å². The predicted octanol–water partition coefficient (Wildman–Crippen LogP) is 15.5. The Bertz CT molecular complexity index is 7900. The summed E-state index contributed by atoms with van der Waals surface area (Å²) in [5.41, 5.74) is 16.6. The highest BCUT2D eigenvalue weighted by Crippen LogP contribution is 2.36. The molecule has 0 saturated heterocycles. The minimum atomic E-state index is -0.750. The quantitative estimate of drug-likeness (QED) is 0.0395. The standard InChI is InChI=1S/C24H20FN5O3.C20H20N4O2.C19H16N6O.C17H15FN4O2.C17H15N5O2/c1-14(2)20-21(29-22-17(11-26)12-27-30(22)23(20)31)16-8-18(25)10-19(9-16)28-24(32)33-13-15-6-4-3-5-7-15;1-12(2)17-18(23-19-15(9-21)10-22-24(19)20(17)25)14-5-7-16(8-6-14)26-11-13-3-4-13;1-12(2)16-17(23-18-14(10-20)11-22-25(18)19(16)26)13-5-3-6-15(9-13)24-8-4-7-21-24;1-9(2)14-15(10-4-12(18)6-13(5-10)24-3)21-16-11(7-19)8-20-22(16)17(14)23;1-9(2)13-14(10-4-3-5-11(6-10)15(19)23)21-16-12(7-18)8-20-22(16)17(13)24/h3-10,12,14,27H,13H2,1-2H3,(H,28,32);5-8,10,12-13,22H,3-4,11H2,1-2H3;3-9,11-12,22H,1-2H3;4-6,8-9,20H,1-3H3;3-6,8-9,20H,1-2H3,(H2,19,23). The minimum Gasteiger partial charge on any atom is -0.497 e. The Hall–Kier alpha value is -17.7. The molecule has 1 fully saturated rings. The average Bonchev–Trinajstić information content (AvgIpc) is 1.69. The number of amides is 2. The van der Waals surface area contributed by atoms with Crippen molar-refractivity contribution in [3.05, 3.63) is 319 Å². The number of primary amides is 1. The van der Waals surface area contributed by atoms with E-state index in [1.807, 2.05) is 179 Å². The molecule has 6 aromatic carbocycles. The molecule has 2 amide bonds. The number of benzene rings is 6.